The number of benzene rings is 2. The molecule has 0 bridgehead atoms. The molecule has 32 heavy (non-hydrogen) atoms. The summed E-state index contributed by atoms with van der Waals surface area (Å²) in [5.74, 6) is 1.40. The van der Waals surface area contributed by atoms with Gasteiger partial charge in [-0.05, 0) is 56.2 Å². The molecular formula is C25H29NO5S. The topological polar surface area (TPSA) is 65.1 Å². The molecule has 4 rings (SSSR count). The van der Waals surface area contributed by atoms with Gasteiger partial charge in [0, 0.05) is 37.8 Å². The third-order valence-electron chi connectivity index (χ3n) is 5.54. The molecule has 1 unspecified atom stereocenters. The number of nitrogens with zero attached hydrogens (tertiary/aromatic N) is 1. The van der Waals surface area contributed by atoms with E-state index in [4.69, 9.17) is 13.7 Å². The van der Waals surface area contributed by atoms with Crippen molar-refractivity contribution < 1.29 is 22.7 Å². The number of carbonyl (C=O) groups excluding carboxylic acids is 1. The molecule has 1 saturated heterocycles. The van der Waals surface area contributed by atoms with Crippen molar-refractivity contribution in [3.8, 4) is 11.5 Å². The molecule has 1 amide bonds. The zero-order valence-corrected chi connectivity index (χ0v) is 19.7. The van der Waals surface area contributed by atoms with Crippen molar-refractivity contribution in [3.05, 3.63) is 65.7 Å². The number of hydrogen-bond donors (Lipinski definition) is 0. The lowest BCUT2D eigenvalue weighted by Crippen LogP contribution is -2.50. The van der Waals surface area contributed by atoms with Gasteiger partial charge in [0.15, 0.2) is 0 Å². The predicted octanol–water partition coefficient (Wildman–Crippen LogP) is 4.95. The lowest BCUT2D eigenvalue weighted by molar-refractivity contribution is -0.00115. The van der Waals surface area contributed by atoms with E-state index in [0.717, 1.165) is 22.4 Å². The van der Waals surface area contributed by atoms with Crippen LogP contribution in [0.1, 0.15) is 44.7 Å². The molecule has 2 aromatic carbocycles. The van der Waals surface area contributed by atoms with Crippen LogP contribution in [0.2, 0.25) is 0 Å². The molecule has 7 heteroatoms. The Balaban J connectivity index is 1.60. The Morgan fingerprint density at radius 2 is 1.72 bits per heavy atom. The molecular weight excluding hydrogens is 426 g/mol. The van der Waals surface area contributed by atoms with E-state index in [9.17, 15) is 9.00 Å². The largest absolute Gasteiger partial charge is 0.482 e. The van der Waals surface area contributed by atoms with E-state index in [1.54, 1.807) is 4.90 Å². The number of ether oxygens (including phenoxy) is 2. The van der Waals surface area contributed by atoms with Crippen LogP contribution in [-0.4, -0.2) is 45.7 Å². The van der Waals surface area contributed by atoms with Crippen molar-refractivity contribution in [1.29, 1.82) is 0 Å². The lowest BCUT2D eigenvalue weighted by atomic mass is 9.83. The Morgan fingerprint density at radius 3 is 2.34 bits per heavy atom. The van der Waals surface area contributed by atoms with Gasteiger partial charge in [0.2, 0.25) is 11.1 Å². The zero-order chi connectivity index (χ0) is 22.9. The van der Waals surface area contributed by atoms with Gasteiger partial charge in [-0.1, -0.05) is 30.3 Å². The van der Waals surface area contributed by atoms with Gasteiger partial charge in [-0.3, -0.25) is 0 Å². The van der Waals surface area contributed by atoms with E-state index in [2.05, 4.69) is 12.1 Å². The van der Waals surface area contributed by atoms with Crippen molar-refractivity contribution >= 4 is 22.7 Å². The highest BCUT2D eigenvalue weighted by atomic mass is 32.2. The van der Waals surface area contributed by atoms with E-state index in [-0.39, 0.29) is 6.09 Å². The maximum atomic E-state index is 12.5. The van der Waals surface area contributed by atoms with Gasteiger partial charge in [0.05, 0.1) is 0 Å². The number of hydrogen-bond acceptors (Lipinski definition) is 5. The van der Waals surface area contributed by atoms with Crippen molar-refractivity contribution in [3.63, 3.8) is 0 Å². The minimum atomic E-state index is -1.36. The third-order valence-corrected chi connectivity index (χ3v) is 5.97. The van der Waals surface area contributed by atoms with Gasteiger partial charge < -0.3 is 18.6 Å². The second kappa shape index (κ2) is 8.62. The van der Waals surface area contributed by atoms with Crippen LogP contribution in [-0.2, 0) is 15.8 Å². The summed E-state index contributed by atoms with van der Waals surface area (Å²) in [6, 6.07) is 15.6. The van der Waals surface area contributed by atoms with Crippen LogP contribution in [0.4, 0.5) is 4.79 Å². The summed E-state index contributed by atoms with van der Waals surface area (Å²) >= 11 is -1.36. The fraction of sp³-hybridized carbons (Fsp3) is 0.400. The summed E-state index contributed by atoms with van der Waals surface area (Å²) in [4.78, 5) is 14.2. The summed E-state index contributed by atoms with van der Waals surface area (Å²) in [6.45, 7) is 6.76. The Kier molecular flexibility index (Phi) is 6.03. The number of fused-ring (bicyclic) bond motifs is 1. The molecule has 1 fully saturated rings. The van der Waals surface area contributed by atoms with Crippen LogP contribution in [0, 0.1) is 0 Å². The molecule has 2 aromatic rings. The van der Waals surface area contributed by atoms with Crippen molar-refractivity contribution in [2.45, 2.75) is 44.8 Å². The summed E-state index contributed by atoms with van der Waals surface area (Å²) in [7, 11) is 0. The van der Waals surface area contributed by atoms with E-state index in [1.165, 1.54) is 6.26 Å². The van der Waals surface area contributed by atoms with Crippen molar-refractivity contribution in [2.75, 3.05) is 19.3 Å². The van der Waals surface area contributed by atoms with E-state index < -0.39 is 22.3 Å². The van der Waals surface area contributed by atoms with Gasteiger partial charge in [0.1, 0.15) is 22.7 Å². The Bertz CT molecular complexity index is 1050. The lowest BCUT2D eigenvalue weighted by Gasteiger charge is -2.43. The number of carbonyl (C=O) groups is 1. The first-order valence-electron chi connectivity index (χ1n) is 10.8. The molecule has 170 valence electrons. The van der Waals surface area contributed by atoms with Gasteiger partial charge in [-0.25, -0.2) is 9.00 Å². The first-order valence-corrected chi connectivity index (χ1v) is 12.2. The first-order chi connectivity index (χ1) is 15.1. The minimum absolute atomic E-state index is 0.281. The predicted molar refractivity (Wildman–Crippen MR) is 125 cm³/mol. The van der Waals surface area contributed by atoms with E-state index >= 15 is 0 Å². The maximum Gasteiger partial charge on any atom is 0.410 e. The average Bonchev–Trinajstić information content (AvgIpc) is 2.72. The number of para-hydroxylation sites is 1. The third kappa shape index (κ3) is 4.99. The number of amides is 1. The highest BCUT2D eigenvalue weighted by Gasteiger charge is 2.40. The minimum Gasteiger partial charge on any atom is -0.482 e. The number of piperidine rings is 1. The Labute approximate surface area is 191 Å². The Hall–Kier alpha value is -2.80. The fourth-order valence-corrected chi connectivity index (χ4v) is 4.45. The monoisotopic (exact) mass is 455 g/mol. The highest BCUT2D eigenvalue weighted by Crippen LogP contribution is 2.43. The molecule has 1 spiro atoms. The highest BCUT2D eigenvalue weighted by molar-refractivity contribution is 7.79. The average molecular weight is 456 g/mol. The van der Waals surface area contributed by atoms with Crippen LogP contribution >= 0.6 is 0 Å². The fourth-order valence-electron chi connectivity index (χ4n) is 4.07. The standard InChI is InChI=1S/C25H29NO5S/c1-24(2,3)30-23(27)26-15-13-25(14-16-26)17-21(20-7-5-6-8-22(20)29-25)18-9-11-19(12-10-18)31-32(4)28/h5-12,17H,13-16H2,1-4H3. The van der Waals surface area contributed by atoms with Gasteiger partial charge >= 0.3 is 6.09 Å². The number of rotatable bonds is 3. The van der Waals surface area contributed by atoms with Gasteiger partial charge in [-0.15, -0.1) is 0 Å². The molecule has 2 heterocycles. The molecule has 1 atom stereocenters. The van der Waals surface area contributed by atoms with Gasteiger partial charge in [0.25, 0.3) is 0 Å². The van der Waals surface area contributed by atoms with Crippen LogP contribution in [0.3, 0.4) is 0 Å². The summed E-state index contributed by atoms with van der Waals surface area (Å²) in [6.07, 6.45) is 4.77. The molecule has 6 nitrogen and oxygen atoms in total. The molecule has 0 radical (unpaired) electrons. The molecule has 2 aliphatic rings. The summed E-state index contributed by atoms with van der Waals surface area (Å²) in [5.41, 5.74) is 2.15. The van der Waals surface area contributed by atoms with Crippen molar-refractivity contribution in [1.82, 2.24) is 4.90 Å². The van der Waals surface area contributed by atoms with Crippen LogP contribution in [0.25, 0.3) is 5.57 Å². The molecule has 0 saturated carbocycles. The van der Waals surface area contributed by atoms with Crippen LogP contribution < -0.4 is 8.92 Å². The zero-order valence-electron chi connectivity index (χ0n) is 18.9. The molecule has 0 N–H and O–H groups in total. The normalized spacial score (nSPS) is 18.2. The van der Waals surface area contributed by atoms with Crippen LogP contribution in [0.5, 0.6) is 11.5 Å². The maximum absolute atomic E-state index is 12.5. The smallest absolute Gasteiger partial charge is 0.410 e. The molecule has 0 aliphatic carbocycles. The van der Waals surface area contributed by atoms with E-state index in [0.29, 0.717) is 31.7 Å². The molecule has 2 aliphatic heterocycles. The SMILES string of the molecule is CS(=O)Oc1ccc(C2=CC3(CCN(C(=O)OC(C)(C)C)CC3)Oc3ccccc32)cc1. The van der Waals surface area contributed by atoms with Crippen LogP contribution in [0.15, 0.2) is 54.6 Å². The summed E-state index contributed by atoms with van der Waals surface area (Å²) in [5, 5.41) is 0. The van der Waals surface area contributed by atoms with E-state index in [1.807, 2.05) is 63.2 Å². The molecule has 0 aromatic heterocycles. The second-order valence-corrected chi connectivity index (χ2v) is 10.2. The van der Waals surface area contributed by atoms with Gasteiger partial charge in [-0.2, -0.15) is 0 Å². The quantitative estimate of drug-likeness (QED) is 0.655. The van der Waals surface area contributed by atoms with Crippen molar-refractivity contribution in [2.24, 2.45) is 0 Å². The summed E-state index contributed by atoms with van der Waals surface area (Å²) < 4.78 is 28.7. The number of likely N-dealkylation sites (tertiary alicyclic amines) is 1. The Morgan fingerprint density at radius 1 is 1.06 bits per heavy atom. The first kappa shape index (κ1) is 22.4. The second-order valence-electron chi connectivity index (χ2n) is 9.20.